The number of rotatable bonds is 5. The van der Waals surface area contributed by atoms with E-state index in [1.54, 1.807) is 35.1 Å². The van der Waals surface area contributed by atoms with Crippen LogP contribution >= 0.6 is 11.3 Å². The third-order valence-corrected chi connectivity index (χ3v) is 7.09. The van der Waals surface area contributed by atoms with Crippen molar-refractivity contribution in [1.29, 1.82) is 5.41 Å². The van der Waals surface area contributed by atoms with Crippen molar-refractivity contribution in [2.24, 2.45) is 0 Å². The molecule has 5 rings (SSSR count). The summed E-state index contributed by atoms with van der Waals surface area (Å²) in [6.45, 7) is 4.85. The number of aromatic nitrogens is 2. The number of benzene rings is 1. The Morgan fingerprint density at radius 2 is 1.94 bits per heavy atom. The summed E-state index contributed by atoms with van der Waals surface area (Å²) in [4.78, 5) is 25.9. The van der Waals surface area contributed by atoms with E-state index in [1.165, 1.54) is 28.0 Å². The Morgan fingerprint density at radius 1 is 1.18 bits per heavy atom. The number of ether oxygens (including phenoxy) is 1. The second-order valence-corrected chi connectivity index (χ2v) is 9.80. The molecule has 4 heterocycles. The molecule has 1 aliphatic rings. The highest BCUT2D eigenvalue weighted by Crippen LogP contribution is 2.37. The summed E-state index contributed by atoms with van der Waals surface area (Å²) in [5.41, 5.74) is 1.26. The lowest BCUT2D eigenvalue weighted by Gasteiger charge is -2.30. The molecule has 4 aromatic rings. The number of hydrogen-bond acceptors (Lipinski definition) is 7. The number of nitrogens with zero attached hydrogens (tertiary/aromatic N) is 3. The first kappa shape index (κ1) is 21.4. The van der Waals surface area contributed by atoms with Crippen molar-refractivity contribution in [1.82, 2.24) is 9.13 Å². The van der Waals surface area contributed by atoms with E-state index in [0.29, 0.717) is 23.6 Å². The van der Waals surface area contributed by atoms with Crippen molar-refractivity contribution >= 4 is 27.2 Å². The molecule has 0 bridgehead atoms. The molecule has 0 radical (unpaired) electrons. The van der Waals surface area contributed by atoms with Crippen molar-refractivity contribution in [3.63, 3.8) is 0 Å². The van der Waals surface area contributed by atoms with Gasteiger partial charge in [-0.1, -0.05) is 12.1 Å². The quantitative estimate of drug-likeness (QED) is 0.355. The normalized spacial score (nSPS) is 15.0. The lowest BCUT2D eigenvalue weighted by atomic mass is 9.94. The van der Waals surface area contributed by atoms with Crippen LogP contribution in [-0.4, -0.2) is 19.7 Å². The van der Waals surface area contributed by atoms with Gasteiger partial charge in [0.25, 0.3) is 5.69 Å². The second kappa shape index (κ2) is 7.82. The van der Waals surface area contributed by atoms with Crippen LogP contribution in [0.2, 0.25) is 0 Å². The minimum absolute atomic E-state index is 0.00315. The van der Waals surface area contributed by atoms with Crippen LogP contribution in [0.3, 0.4) is 0 Å². The Hall–Kier alpha value is -3.50. The predicted octanol–water partition coefficient (Wildman–Crippen LogP) is 3.79. The van der Waals surface area contributed by atoms with E-state index >= 15 is 0 Å². The third-order valence-electron chi connectivity index (χ3n) is 5.86. The molecule has 0 unspecified atom stereocenters. The highest BCUT2D eigenvalue weighted by molar-refractivity contribution is 7.18. The largest absolute Gasteiger partial charge is 0.467 e. The van der Waals surface area contributed by atoms with Crippen LogP contribution in [0.25, 0.3) is 10.2 Å². The van der Waals surface area contributed by atoms with E-state index in [9.17, 15) is 14.9 Å². The van der Waals surface area contributed by atoms with Gasteiger partial charge in [-0.15, -0.1) is 11.3 Å². The molecule has 10 heteroatoms. The van der Waals surface area contributed by atoms with E-state index in [0.717, 1.165) is 21.4 Å². The van der Waals surface area contributed by atoms with Gasteiger partial charge in [0.15, 0.2) is 0 Å². The molecule has 0 spiro atoms. The maximum atomic E-state index is 13.6. The fourth-order valence-corrected chi connectivity index (χ4v) is 5.41. The molecule has 0 atom stereocenters. The van der Waals surface area contributed by atoms with Crippen LogP contribution in [0.1, 0.15) is 35.6 Å². The van der Waals surface area contributed by atoms with Crippen LogP contribution in [0.4, 0.5) is 5.69 Å². The molecule has 9 nitrogen and oxygen atoms in total. The number of non-ortho nitro benzene ring substituents is 1. The number of hydrogen-bond donors (Lipinski definition) is 1. The minimum Gasteiger partial charge on any atom is -0.467 e. The number of nitrogens with one attached hydrogen (secondary N) is 1. The topological polar surface area (TPSA) is 116 Å². The van der Waals surface area contributed by atoms with Crippen LogP contribution in [0, 0.1) is 15.5 Å². The van der Waals surface area contributed by atoms with Gasteiger partial charge in [0.2, 0.25) is 0 Å². The van der Waals surface area contributed by atoms with Gasteiger partial charge in [-0.25, -0.2) is 4.79 Å². The first-order valence-electron chi connectivity index (χ1n) is 10.5. The molecule has 1 aromatic carbocycles. The monoisotopic (exact) mass is 466 g/mol. The number of nitro groups is 1. The standard InChI is InChI=1S/C23H22N4O5S/c1-23(2)10-17-18(13-32-23)33-21-19(17)20(24)25(12-16-4-3-9-31-16)22(28)26(21)11-14-5-7-15(8-6-14)27(29)30/h3-9,24H,10-13H2,1-2H3. The number of furan rings is 1. The summed E-state index contributed by atoms with van der Waals surface area (Å²) in [6, 6.07) is 9.70. The van der Waals surface area contributed by atoms with Crippen molar-refractivity contribution in [2.75, 3.05) is 0 Å². The second-order valence-electron chi connectivity index (χ2n) is 8.72. The first-order valence-corrected chi connectivity index (χ1v) is 11.3. The van der Waals surface area contributed by atoms with Crippen molar-refractivity contribution in [3.8, 4) is 0 Å². The Bertz CT molecular complexity index is 1480. The van der Waals surface area contributed by atoms with Crippen LogP contribution in [0.5, 0.6) is 0 Å². The molecule has 0 saturated carbocycles. The molecule has 0 saturated heterocycles. The third kappa shape index (κ3) is 3.81. The van der Waals surface area contributed by atoms with Crippen molar-refractivity contribution in [3.05, 3.63) is 90.5 Å². The molecule has 33 heavy (non-hydrogen) atoms. The zero-order chi connectivity index (χ0) is 23.3. The van der Waals surface area contributed by atoms with Crippen LogP contribution in [0.15, 0.2) is 51.9 Å². The average molecular weight is 467 g/mol. The highest BCUT2D eigenvalue weighted by Gasteiger charge is 2.31. The van der Waals surface area contributed by atoms with E-state index in [4.69, 9.17) is 14.6 Å². The molecule has 170 valence electrons. The van der Waals surface area contributed by atoms with Gasteiger partial charge in [-0.3, -0.25) is 24.7 Å². The van der Waals surface area contributed by atoms with Crippen molar-refractivity contribution in [2.45, 2.75) is 45.6 Å². The minimum atomic E-state index is -0.449. The summed E-state index contributed by atoms with van der Waals surface area (Å²) in [6.07, 6.45) is 2.18. The van der Waals surface area contributed by atoms with Gasteiger partial charge >= 0.3 is 5.69 Å². The van der Waals surface area contributed by atoms with Gasteiger partial charge in [-0.2, -0.15) is 0 Å². The predicted molar refractivity (Wildman–Crippen MR) is 123 cm³/mol. The maximum absolute atomic E-state index is 13.6. The molecule has 0 fully saturated rings. The van der Waals surface area contributed by atoms with E-state index in [-0.39, 0.29) is 35.6 Å². The van der Waals surface area contributed by atoms with E-state index in [2.05, 4.69) is 0 Å². The Kier molecular flexibility index (Phi) is 5.06. The molecule has 1 aliphatic heterocycles. The summed E-state index contributed by atoms with van der Waals surface area (Å²) >= 11 is 1.47. The average Bonchev–Trinajstić information content (AvgIpc) is 3.41. The van der Waals surface area contributed by atoms with E-state index in [1.807, 2.05) is 13.8 Å². The number of thiophene rings is 1. The van der Waals surface area contributed by atoms with Gasteiger partial charge in [0.05, 0.1) is 41.9 Å². The van der Waals surface area contributed by atoms with E-state index < -0.39 is 4.92 Å². The van der Waals surface area contributed by atoms with Crippen molar-refractivity contribution < 1.29 is 14.1 Å². The van der Waals surface area contributed by atoms with Crippen LogP contribution < -0.4 is 11.2 Å². The number of nitro benzene ring substituents is 1. The highest BCUT2D eigenvalue weighted by atomic mass is 32.1. The Labute approximate surface area is 192 Å². The molecule has 3 aromatic heterocycles. The molecular formula is C23H22N4O5S. The summed E-state index contributed by atoms with van der Waals surface area (Å²) in [5.74, 6) is 0.583. The van der Waals surface area contributed by atoms with Gasteiger partial charge < -0.3 is 9.15 Å². The molecule has 0 aliphatic carbocycles. The SMILES string of the molecule is CC1(C)Cc2c(sc3c2c(=N)n(Cc2ccco2)c(=O)n3Cc2ccc([N+](=O)[O-])cc2)CO1. The maximum Gasteiger partial charge on any atom is 0.331 e. The van der Waals surface area contributed by atoms with Gasteiger partial charge in [0, 0.05) is 23.4 Å². The molecule has 1 N–H and O–H groups in total. The summed E-state index contributed by atoms with van der Waals surface area (Å²) < 4.78 is 14.5. The number of fused-ring (bicyclic) bond motifs is 3. The fraction of sp³-hybridized carbons (Fsp3) is 0.304. The Balaban J connectivity index is 1.71. The molecule has 0 amide bonds. The fourth-order valence-electron chi connectivity index (χ4n) is 4.19. The zero-order valence-corrected chi connectivity index (χ0v) is 19.0. The summed E-state index contributed by atoms with van der Waals surface area (Å²) in [5, 5.41) is 20.7. The lowest BCUT2D eigenvalue weighted by Crippen LogP contribution is -2.41. The smallest absolute Gasteiger partial charge is 0.331 e. The van der Waals surface area contributed by atoms with Crippen LogP contribution in [-0.2, 0) is 30.9 Å². The Morgan fingerprint density at radius 3 is 2.61 bits per heavy atom. The van der Waals surface area contributed by atoms with Gasteiger partial charge in [0.1, 0.15) is 16.1 Å². The summed E-state index contributed by atoms with van der Waals surface area (Å²) in [7, 11) is 0. The van der Waals surface area contributed by atoms with Gasteiger partial charge in [-0.05, 0) is 37.1 Å². The molecular weight excluding hydrogens is 444 g/mol. The first-order chi connectivity index (χ1) is 15.7. The lowest BCUT2D eigenvalue weighted by molar-refractivity contribution is -0.384. The zero-order valence-electron chi connectivity index (χ0n) is 18.2.